The Morgan fingerprint density at radius 2 is 1.62 bits per heavy atom. The summed E-state index contributed by atoms with van der Waals surface area (Å²) in [6.45, 7) is 0. The zero-order valence-corrected chi connectivity index (χ0v) is 15.3. The van der Waals surface area contributed by atoms with Gasteiger partial charge < -0.3 is 4.84 Å². The van der Waals surface area contributed by atoms with Crippen molar-refractivity contribution < 1.29 is 36.4 Å². The van der Waals surface area contributed by atoms with Crippen molar-refractivity contribution in [3.8, 4) is 0 Å². The molecule has 1 fully saturated rings. The Balaban J connectivity index is 1.65. The van der Waals surface area contributed by atoms with Crippen LogP contribution in [0.25, 0.3) is 0 Å². The summed E-state index contributed by atoms with van der Waals surface area (Å²) in [5.74, 6) is -6.79. The highest BCUT2D eigenvalue weighted by Crippen LogP contribution is 2.28. The number of hydrogen-bond donors (Lipinski definition) is 1. The Morgan fingerprint density at radius 1 is 1.03 bits per heavy atom. The number of hydrogen-bond acceptors (Lipinski definition) is 6. The van der Waals surface area contributed by atoms with E-state index in [4.69, 9.17) is 0 Å². The van der Waals surface area contributed by atoms with E-state index in [0.29, 0.717) is 25.0 Å². The fraction of sp³-hybridized carbons (Fsp3) is 0.167. The van der Waals surface area contributed by atoms with Gasteiger partial charge in [-0.25, -0.2) is 26.7 Å². The van der Waals surface area contributed by atoms with Crippen molar-refractivity contribution in [2.24, 2.45) is 0 Å². The van der Waals surface area contributed by atoms with E-state index in [1.165, 1.54) is 24.3 Å². The summed E-state index contributed by atoms with van der Waals surface area (Å²) in [6, 6.07) is 6.52. The lowest BCUT2D eigenvalue weighted by molar-refractivity contribution is -0.0591. The second kappa shape index (κ2) is 6.71. The first-order chi connectivity index (χ1) is 13.7. The number of imide groups is 1. The summed E-state index contributed by atoms with van der Waals surface area (Å²) >= 11 is 0. The van der Waals surface area contributed by atoms with Crippen molar-refractivity contribution in [2.75, 3.05) is 0 Å². The molecule has 0 bridgehead atoms. The average molecular weight is 422 g/mol. The van der Waals surface area contributed by atoms with E-state index in [-0.39, 0.29) is 22.2 Å². The third-order valence-corrected chi connectivity index (χ3v) is 5.92. The van der Waals surface area contributed by atoms with Gasteiger partial charge in [-0.1, -0.05) is 17.2 Å². The average Bonchev–Trinajstić information content (AvgIpc) is 3.44. The number of rotatable bonds is 5. The van der Waals surface area contributed by atoms with Crippen LogP contribution in [0.3, 0.4) is 0 Å². The minimum atomic E-state index is -4.34. The number of sulfonamides is 1. The fourth-order valence-electron chi connectivity index (χ4n) is 2.79. The van der Waals surface area contributed by atoms with Gasteiger partial charge in [0, 0.05) is 6.04 Å². The lowest BCUT2D eigenvalue weighted by atomic mass is 10.1. The number of benzene rings is 2. The molecule has 4 rings (SSSR count). The number of halogens is 2. The second-order valence-electron chi connectivity index (χ2n) is 6.46. The van der Waals surface area contributed by atoms with Crippen LogP contribution in [-0.4, -0.2) is 37.3 Å². The molecule has 0 saturated heterocycles. The number of hydroxylamine groups is 2. The van der Waals surface area contributed by atoms with Crippen molar-refractivity contribution in [2.45, 2.75) is 23.8 Å². The Labute approximate surface area is 163 Å². The van der Waals surface area contributed by atoms with E-state index in [1.807, 2.05) is 0 Å². The molecule has 11 heteroatoms. The summed E-state index contributed by atoms with van der Waals surface area (Å²) < 4.78 is 55.6. The van der Waals surface area contributed by atoms with E-state index < -0.39 is 49.9 Å². The molecule has 0 radical (unpaired) electrons. The highest BCUT2D eigenvalue weighted by Gasteiger charge is 2.40. The third-order valence-electron chi connectivity index (χ3n) is 4.38. The first-order valence-electron chi connectivity index (χ1n) is 8.41. The minimum Gasteiger partial charge on any atom is -0.324 e. The normalized spacial score (nSPS) is 16.1. The van der Waals surface area contributed by atoms with Gasteiger partial charge in [-0.15, -0.1) is 0 Å². The second-order valence-corrected chi connectivity index (χ2v) is 8.14. The number of fused-ring (bicyclic) bond motifs is 1. The summed E-state index contributed by atoms with van der Waals surface area (Å²) in [5.41, 5.74) is -1.42. The number of nitrogens with zero attached hydrogens (tertiary/aromatic N) is 1. The fourth-order valence-corrected chi connectivity index (χ4v) is 4.18. The molecule has 2 aromatic carbocycles. The molecule has 8 nitrogen and oxygen atoms in total. The first-order valence-corrected chi connectivity index (χ1v) is 9.89. The molecule has 29 heavy (non-hydrogen) atoms. The first kappa shape index (κ1) is 19.2. The smallest absolute Gasteiger partial charge is 0.324 e. The quantitative estimate of drug-likeness (QED) is 0.736. The van der Waals surface area contributed by atoms with Crippen LogP contribution < -0.4 is 4.72 Å². The van der Waals surface area contributed by atoms with Gasteiger partial charge in [0.1, 0.15) is 16.3 Å². The van der Waals surface area contributed by atoms with Crippen LogP contribution in [0, 0.1) is 11.6 Å². The molecule has 2 aliphatic rings. The minimum absolute atomic E-state index is 0.0452. The molecule has 1 heterocycles. The van der Waals surface area contributed by atoms with Crippen molar-refractivity contribution >= 4 is 27.8 Å². The molecular weight excluding hydrogens is 410 g/mol. The molecule has 1 aliphatic carbocycles. The van der Waals surface area contributed by atoms with Crippen LogP contribution >= 0.6 is 0 Å². The van der Waals surface area contributed by atoms with Crippen molar-refractivity contribution in [3.05, 3.63) is 64.7 Å². The van der Waals surface area contributed by atoms with Gasteiger partial charge in [0.2, 0.25) is 10.0 Å². The van der Waals surface area contributed by atoms with E-state index in [9.17, 15) is 31.6 Å². The third kappa shape index (κ3) is 3.28. The van der Waals surface area contributed by atoms with Crippen LogP contribution in [0.15, 0.2) is 41.3 Å². The van der Waals surface area contributed by atoms with Gasteiger partial charge in [-0.2, -0.15) is 0 Å². The van der Waals surface area contributed by atoms with Crippen LogP contribution in [0.2, 0.25) is 0 Å². The van der Waals surface area contributed by atoms with Crippen molar-refractivity contribution in [1.82, 2.24) is 9.79 Å². The van der Waals surface area contributed by atoms with E-state index in [1.54, 1.807) is 0 Å². The lowest BCUT2D eigenvalue weighted by Gasteiger charge is -2.14. The van der Waals surface area contributed by atoms with Crippen LogP contribution in [0.5, 0.6) is 0 Å². The predicted octanol–water partition coefficient (Wildman–Crippen LogP) is 1.77. The molecule has 1 aliphatic heterocycles. The van der Waals surface area contributed by atoms with Crippen LogP contribution in [0.4, 0.5) is 8.78 Å². The van der Waals surface area contributed by atoms with Gasteiger partial charge in [-0.05, 0) is 37.1 Å². The maximum Gasteiger partial charge on any atom is 0.369 e. The number of carbonyl (C=O) groups excluding carboxylic acids is 3. The predicted molar refractivity (Wildman–Crippen MR) is 92.1 cm³/mol. The van der Waals surface area contributed by atoms with Gasteiger partial charge in [-0.3, -0.25) is 9.59 Å². The number of amides is 2. The molecule has 0 atom stereocenters. The van der Waals surface area contributed by atoms with E-state index >= 15 is 0 Å². The molecule has 0 spiro atoms. The summed E-state index contributed by atoms with van der Waals surface area (Å²) in [6.07, 6.45) is 1.16. The Morgan fingerprint density at radius 3 is 2.17 bits per heavy atom. The lowest BCUT2D eigenvalue weighted by Crippen LogP contribution is -2.33. The van der Waals surface area contributed by atoms with Crippen LogP contribution in [-0.2, 0) is 14.9 Å². The SMILES string of the molecule is O=C(ON1C(=O)c2ccccc2C1=O)c1c(F)ccc(S(=O)(=O)NC2CC2)c1F. The maximum absolute atomic E-state index is 14.7. The van der Waals surface area contributed by atoms with Gasteiger partial charge in [0.05, 0.1) is 11.1 Å². The molecule has 1 N–H and O–H groups in total. The zero-order valence-electron chi connectivity index (χ0n) is 14.5. The summed E-state index contributed by atoms with van der Waals surface area (Å²) in [5, 5.41) is 0.0789. The monoisotopic (exact) mass is 422 g/mol. The summed E-state index contributed by atoms with van der Waals surface area (Å²) in [7, 11) is -4.34. The van der Waals surface area contributed by atoms with Gasteiger partial charge in [0.15, 0.2) is 5.82 Å². The van der Waals surface area contributed by atoms with Gasteiger partial charge in [0.25, 0.3) is 11.8 Å². The molecule has 150 valence electrons. The largest absolute Gasteiger partial charge is 0.369 e. The highest BCUT2D eigenvalue weighted by atomic mass is 32.2. The molecule has 2 amide bonds. The molecule has 0 unspecified atom stereocenters. The summed E-state index contributed by atoms with van der Waals surface area (Å²) in [4.78, 5) is 40.5. The van der Waals surface area contributed by atoms with E-state index in [0.717, 1.165) is 0 Å². The van der Waals surface area contributed by atoms with E-state index in [2.05, 4.69) is 9.56 Å². The highest BCUT2D eigenvalue weighted by molar-refractivity contribution is 7.89. The van der Waals surface area contributed by atoms with Gasteiger partial charge >= 0.3 is 5.97 Å². The van der Waals surface area contributed by atoms with Crippen molar-refractivity contribution in [1.29, 1.82) is 0 Å². The van der Waals surface area contributed by atoms with Crippen molar-refractivity contribution in [3.63, 3.8) is 0 Å². The molecule has 2 aromatic rings. The number of carbonyl (C=O) groups is 3. The topological polar surface area (TPSA) is 110 Å². The Hall–Kier alpha value is -3.18. The Bertz CT molecular complexity index is 1140. The molecule has 1 saturated carbocycles. The zero-order chi connectivity index (χ0) is 20.9. The number of nitrogens with one attached hydrogen (secondary N) is 1. The molecule has 0 aromatic heterocycles. The standard InChI is InChI=1S/C18H12F2N2O6S/c19-12-7-8-13(29(26,27)21-9-5-6-9)15(20)14(12)18(25)28-22-16(23)10-3-1-2-4-11(10)17(22)24/h1-4,7-9,21H,5-6H2. The maximum atomic E-state index is 14.7. The molecular formula is C18H12F2N2O6S. The van der Waals surface area contributed by atoms with Crippen LogP contribution in [0.1, 0.15) is 43.9 Å². The Kier molecular flexibility index (Phi) is 4.43.